The van der Waals surface area contributed by atoms with Crippen LogP contribution in [-0.4, -0.2) is 11.3 Å². The van der Waals surface area contributed by atoms with E-state index in [1.165, 1.54) is 29.5 Å². The summed E-state index contributed by atoms with van der Waals surface area (Å²) in [5.41, 5.74) is 6.45. The number of benzene rings is 1. The van der Waals surface area contributed by atoms with Crippen molar-refractivity contribution in [2.45, 2.75) is 26.1 Å². The van der Waals surface area contributed by atoms with Gasteiger partial charge in [-0.3, -0.25) is 0 Å². The van der Waals surface area contributed by atoms with E-state index >= 15 is 0 Å². The maximum absolute atomic E-state index is 12.4. The van der Waals surface area contributed by atoms with E-state index < -0.39 is 6.36 Å². The minimum Gasteiger partial charge on any atom is -0.405 e. The van der Waals surface area contributed by atoms with Gasteiger partial charge in [-0.15, -0.1) is 24.5 Å². The van der Waals surface area contributed by atoms with E-state index in [1.807, 2.05) is 6.92 Å². The molecule has 0 unspecified atom stereocenters. The van der Waals surface area contributed by atoms with Crippen LogP contribution in [0.4, 0.5) is 18.2 Å². The van der Waals surface area contributed by atoms with Crippen molar-refractivity contribution in [2.24, 2.45) is 0 Å². The van der Waals surface area contributed by atoms with Gasteiger partial charge in [0.25, 0.3) is 0 Å². The van der Waals surface area contributed by atoms with Crippen molar-refractivity contribution in [1.82, 2.24) is 4.98 Å². The lowest BCUT2D eigenvalue weighted by molar-refractivity contribution is -0.274. The fraction of sp³-hybridized carbons (Fsp3) is 0.308. The maximum atomic E-state index is 12.4. The Bertz CT molecular complexity index is 596. The van der Waals surface area contributed by atoms with Gasteiger partial charge >= 0.3 is 6.36 Å². The zero-order chi connectivity index (χ0) is 14.8. The first kappa shape index (κ1) is 14.6. The van der Waals surface area contributed by atoms with E-state index in [0.29, 0.717) is 10.7 Å². The molecule has 2 N–H and O–H groups in total. The number of alkyl halides is 3. The van der Waals surface area contributed by atoms with Crippen molar-refractivity contribution >= 4 is 16.3 Å². The standard InChI is InChI=1S/C13H13F3N2OS/c1-2-5-10-18-11(12(17)20-10)8-6-3-4-7-9(8)19-13(14,15)16/h3-4,6-7H,2,5,17H2,1H3. The predicted octanol–water partition coefficient (Wildman–Crippen LogP) is 4.24. The van der Waals surface area contributed by atoms with Gasteiger partial charge in [-0.1, -0.05) is 19.1 Å². The minimum absolute atomic E-state index is 0.251. The number of hydrogen-bond acceptors (Lipinski definition) is 4. The first-order chi connectivity index (χ1) is 9.40. The van der Waals surface area contributed by atoms with Crippen molar-refractivity contribution in [3.63, 3.8) is 0 Å². The lowest BCUT2D eigenvalue weighted by atomic mass is 10.1. The van der Waals surface area contributed by atoms with Gasteiger partial charge in [0, 0.05) is 5.56 Å². The van der Waals surface area contributed by atoms with Crippen LogP contribution in [0.15, 0.2) is 24.3 Å². The number of ether oxygens (including phenoxy) is 1. The number of aryl methyl sites for hydroxylation is 1. The van der Waals surface area contributed by atoms with Crippen LogP contribution in [0.3, 0.4) is 0 Å². The number of hydrogen-bond donors (Lipinski definition) is 1. The Morgan fingerprint density at radius 3 is 2.65 bits per heavy atom. The van der Waals surface area contributed by atoms with E-state index in [-0.39, 0.29) is 11.3 Å². The monoisotopic (exact) mass is 302 g/mol. The van der Waals surface area contributed by atoms with Crippen molar-refractivity contribution in [3.8, 4) is 17.0 Å². The third kappa shape index (κ3) is 3.41. The van der Waals surface area contributed by atoms with Crippen molar-refractivity contribution in [1.29, 1.82) is 0 Å². The molecule has 108 valence electrons. The second-order valence-corrected chi connectivity index (χ2v) is 5.23. The molecule has 0 amide bonds. The zero-order valence-corrected chi connectivity index (χ0v) is 11.5. The van der Waals surface area contributed by atoms with Crippen LogP contribution in [0.1, 0.15) is 18.4 Å². The summed E-state index contributed by atoms with van der Waals surface area (Å²) in [7, 11) is 0. The van der Waals surface area contributed by atoms with Gasteiger partial charge in [0.15, 0.2) is 0 Å². The second kappa shape index (κ2) is 5.70. The Hall–Kier alpha value is -1.76. The fourth-order valence-electron chi connectivity index (χ4n) is 1.77. The fourth-order valence-corrected chi connectivity index (χ4v) is 2.72. The molecule has 2 aromatic rings. The Labute approximate surface area is 118 Å². The Morgan fingerprint density at radius 1 is 1.30 bits per heavy atom. The number of aromatic nitrogens is 1. The minimum atomic E-state index is -4.74. The van der Waals surface area contributed by atoms with E-state index in [0.717, 1.165) is 17.8 Å². The number of anilines is 1. The van der Waals surface area contributed by atoms with E-state index in [9.17, 15) is 13.2 Å². The van der Waals surface area contributed by atoms with Crippen molar-refractivity contribution in [2.75, 3.05) is 5.73 Å². The van der Waals surface area contributed by atoms with Crippen LogP contribution in [0.2, 0.25) is 0 Å². The molecule has 0 aliphatic heterocycles. The van der Waals surface area contributed by atoms with Crippen LogP contribution < -0.4 is 10.5 Å². The molecule has 0 spiro atoms. The molecule has 0 saturated carbocycles. The number of nitrogen functional groups attached to an aromatic ring is 1. The molecule has 0 saturated heterocycles. The molecule has 7 heteroatoms. The van der Waals surface area contributed by atoms with Crippen LogP contribution in [0.5, 0.6) is 5.75 Å². The Morgan fingerprint density at radius 2 is 2.00 bits per heavy atom. The highest BCUT2D eigenvalue weighted by Crippen LogP contribution is 2.38. The first-order valence-electron chi connectivity index (χ1n) is 6.01. The van der Waals surface area contributed by atoms with Gasteiger partial charge in [-0.05, 0) is 25.0 Å². The number of halogens is 3. The molecule has 0 bridgehead atoms. The van der Waals surface area contributed by atoms with Gasteiger partial charge in [0.2, 0.25) is 0 Å². The molecule has 0 atom stereocenters. The molecule has 1 aromatic heterocycles. The molecule has 0 fully saturated rings. The summed E-state index contributed by atoms with van der Waals surface area (Å²) in [4.78, 5) is 4.31. The van der Waals surface area contributed by atoms with Crippen LogP contribution in [0, 0.1) is 0 Å². The molecule has 2 rings (SSSR count). The molecule has 0 aliphatic carbocycles. The quantitative estimate of drug-likeness (QED) is 0.918. The Kier molecular flexibility index (Phi) is 4.17. The third-order valence-electron chi connectivity index (χ3n) is 2.53. The van der Waals surface area contributed by atoms with E-state index in [4.69, 9.17) is 5.73 Å². The smallest absolute Gasteiger partial charge is 0.405 e. The summed E-state index contributed by atoms with van der Waals surface area (Å²) >= 11 is 1.29. The zero-order valence-electron chi connectivity index (χ0n) is 10.7. The predicted molar refractivity (Wildman–Crippen MR) is 72.6 cm³/mol. The number of para-hydroxylation sites is 1. The van der Waals surface area contributed by atoms with Crippen molar-refractivity contribution < 1.29 is 17.9 Å². The average molecular weight is 302 g/mol. The normalized spacial score (nSPS) is 11.6. The third-order valence-corrected chi connectivity index (χ3v) is 3.47. The second-order valence-electron chi connectivity index (χ2n) is 4.11. The average Bonchev–Trinajstić information content (AvgIpc) is 2.69. The Balaban J connectivity index is 2.42. The van der Waals surface area contributed by atoms with Crippen LogP contribution in [-0.2, 0) is 6.42 Å². The summed E-state index contributed by atoms with van der Waals surface area (Å²) < 4.78 is 41.2. The van der Waals surface area contributed by atoms with Crippen molar-refractivity contribution in [3.05, 3.63) is 29.3 Å². The molecular weight excluding hydrogens is 289 g/mol. The molecular formula is C13H13F3N2OS. The molecule has 20 heavy (non-hydrogen) atoms. The largest absolute Gasteiger partial charge is 0.573 e. The molecule has 1 heterocycles. The summed E-state index contributed by atoms with van der Waals surface area (Å²) in [6.07, 6.45) is -3.10. The van der Waals surface area contributed by atoms with Gasteiger partial charge in [-0.2, -0.15) is 0 Å². The topological polar surface area (TPSA) is 48.1 Å². The van der Waals surface area contributed by atoms with Gasteiger partial charge in [-0.25, -0.2) is 4.98 Å². The highest BCUT2D eigenvalue weighted by molar-refractivity contribution is 7.16. The van der Waals surface area contributed by atoms with Gasteiger partial charge < -0.3 is 10.5 Å². The summed E-state index contributed by atoms with van der Waals surface area (Å²) in [6.45, 7) is 2.00. The first-order valence-corrected chi connectivity index (χ1v) is 6.82. The lowest BCUT2D eigenvalue weighted by Gasteiger charge is -2.12. The summed E-state index contributed by atoms with van der Waals surface area (Å²) in [5.74, 6) is -0.292. The number of nitrogens with two attached hydrogens (primary N) is 1. The van der Waals surface area contributed by atoms with Crippen LogP contribution in [0.25, 0.3) is 11.3 Å². The lowest BCUT2D eigenvalue weighted by Crippen LogP contribution is -2.17. The van der Waals surface area contributed by atoms with E-state index in [2.05, 4.69) is 9.72 Å². The number of nitrogens with zero attached hydrogens (tertiary/aromatic N) is 1. The SMILES string of the molecule is CCCc1nc(-c2ccccc2OC(F)(F)F)c(N)s1. The summed E-state index contributed by atoms with van der Waals surface area (Å²) in [5, 5.41) is 1.20. The molecule has 3 nitrogen and oxygen atoms in total. The molecule has 0 aliphatic rings. The molecule has 0 radical (unpaired) electrons. The number of rotatable bonds is 4. The van der Waals surface area contributed by atoms with Gasteiger partial charge in [0.05, 0.1) is 5.01 Å². The highest BCUT2D eigenvalue weighted by atomic mass is 32.1. The highest BCUT2D eigenvalue weighted by Gasteiger charge is 2.32. The summed E-state index contributed by atoms with van der Waals surface area (Å²) in [6, 6.07) is 5.86. The molecule has 1 aromatic carbocycles. The van der Waals surface area contributed by atoms with E-state index in [1.54, 1.807) is 6.07 Å². The van der Waals surface area contributed by atoms with Crippen LogP contribution >= 0.6 is 11.3 Å². The maximum Gasteiger partial charge on any atom is 0.573 e. The van der Waals surface area contributed by atoms with Gasteiger partial charge in [0.1, 0.15) is 16.4 Å². The number of thiazole rings is 1.